The molecule has 0 rings (SSSR count). The van der Waals surface area contributed by atoms with E-state index < -0.39 is 13.1 Å². The first-order valence-electron chi connectivity index (χ1n) is 2.30. The van der Waals surface area contributed by atoms with Crippen LogP contribution in [0.1, 0.15) is 6.92 Å². The maximum atomic E-state index is 10.7. The molecule has 0 bridgehead atoms. The lowest BCUT2D eigenvalue weighted by molar-refractivity contribution is 0.599. The van der Waals surface area contributed by atoms with Gasteiger partial charge in [0.25, 0.3) is 0 Å². The second-order valence-electron chi connectivity index (χ2n) is 1.40. The van der Waals surface area contributed by atoms with Crippen molar-refractivity contribution in [2.24, 2.45) is 0 Å². The van der Waals surface area contributed by atoms with E-state index >= 15 is 0 Å². The molecule has 0 aromatic rings. The Labute approximate surface area is 68.1 Å². The first kappa shape index (κ1) is 9.17. The lowest BCUT2D eigenvalue weighted by atomic mass is 10.9. The minimum absolute atomic E-state index is 0.0359. The minimum Gasteiger partial charge on any atom is -0.227 e. The molecule has 3 nitrogen and oxygen atoms in total. The van der Waals surface area contributed by atoms with Crippen molar-refractivity contribution in [3.63, 3.8) is 0 Å². The maximum Gasteiger partial charge on any atom is 0.198 e. The first-order valence-corrected chi connectivity index (χ1v) is 5.26. The molecule has 0 aliphatic rings. The molecule has 9 heavy (non-hydrogen) atoms. The van der Waals surface area contributed by atoms with Crippen LogP contribution >= 0.6 is 22.6 Å². The van der Waals surface area contributed by atoms with E-state index in [1.165, 1.54) is 6.92 Å². The quantitative estimate of drug-likeness (QED) is 0.542. The van der Waals surface area contributed by atoms with Gasteiger partial charge in [-0.05, 0) is 22.6 Å². The Balaban J connectivity index is 4.41. The molecule has 0 fully saturated rings. The average Bonchev–Trinajstić information content (AvgIpc) is 1.86. The predicted octanol–water partition coefficient (Wildman–Crippen LogP) is 0.706. The van der Waals surface area contributed by atoms with Crippen LogP contribution in [-0.2, 0) is 9.84 Å². The first-order chi connectivity index (χ1) is 4.04. The Morgan fingerprint density at radius 3 is 2.33 bits per heavy atom. The highest BCUT2D eigenvalue weighted by molar-refractivity contribution is 14.1. The topological polar surface area (TPSA) is 57.9 Å². The Kier molecular flexibility index (Phi) is 3.43. The molecule has 0 saturated carbocycles. The molecule has 0 aromatic carbocycles. The molecule has 0 aliphatic heterocycles. The molecule has 0 N–H and O–H groups in total. The lowest BCUT2D eigenvalue weighted by Crippen LogP contribution is -2.14. The fourth-order valence-corrected chi connectivity index (χ4v) is 1.76. The molecule has 0 radical (unpaired) electrons. The van der Waals surface area contributed by atoms with Crippen molar-refractivity contribution in [1.29, 1.82) is 5.26 Å². The highest BCUT2D eigenvalue weighted by Crippen LogP contribution is 2.08. The van der Waals surface area contributed by atoms with E-state index in [4.69, 9.17) is 5.26 Å². The van der Waals surface area contributed by atoms with Gasteiger partial charge < -0.3 is 0 Å². The van der Waals surface area contributed by atoms with Crippen molar-refractivity contribution >= 4 is 32.4 Å². The third-order valence-electron chi connectivity index (χ3n) is 0.819. The fourth-order valence-electron chi connectivity index (χ4n) is 0.227. The number of sulfone groups is 1. The van der Waals surface area contributed by atoms with Crippen molar-refractivity contribution in [3.8, 4) is 6.07 Å². The fraction of sp³-hybridized carbons (Fsp3) is 0.750. The summed E-state index contributed by atoms with van der Waals surface area (Å²) in [5, 5.41) is 8.16. The van der Waals surface area contributed by atoms with Gasteiger partial charge in [-0.15, -0.1) is 0 Å². The lowest BCUT2D eigenvalue weighted by Gasteiger charge is -1.97. The highest BCUT2D eigenvalue weighted by Gasteiger charge is 2.18. The van der Waals surface area contributed by atoms with Crippen LogP contribution in [0.3, 0.4) is 0 Å². The van der Waals surface area contributed by atoms with Crippen LogP contribution in [0.5, 0.6) is 0 Å². The van der Waals surface area contributed by atoms with Crippen LogP contribution < -0.4 is 0 Å². The van der Waals surface area contributed by atoms with Gasteiger partial charge in [0.2, 0.25) is 0 Å². The largest absolute Gasteiger partial charge is 0.227 e. The zero-order valence-corrected chi connectivity index (χ0v) is 7.81. The van der Waals surface area contributed by atoms with E-state index in [2.05, 4.69) is 0 Å². The molecule has 0 heterocycles. The van der Waals surface area contributed by atoms with E-state index in [9.17, 15) is 8.42 Å². The third-order valence-corrected chi connectivity index (χ3v) is 4.96. The van der Waals surface area contributed by atoms with Crippen molar-refractivity contribution in [2.75, 3.05) is 5.75 Å². The van der Waals surface area contributed by atoms with Crippen LogP contribution in [0.4, 0.5) is 0 Å². The summed E-state index contributed by atoms with van der Waals surface area (Å²) in [4.78, 5) is 0. The average molecular weight is 259 g/mol. The van der Waals surface area contributed by atoms with Gasteiger partial charge in [-0.3, -0.25) is 0 Å². The smallest absolute Gasteiger partial charge is 0.198 e. The molecule has 0 saturated heterocycles. The SMILES string of the molecule is CCS(=O)(=O)[C@H](I)C#N. The summed E-state index contributed by atoms with van der Waals surface area (Å²) in [5.41, 5.74) is 0. The zero-order valence-electron chi connectivity index (χ0n) is 4.83. The third kappa shape index (κ3) is 2.49. The number of rotatable bonds is 2. The maximum absolute atomic E-state index is 10.7. The zero-order chi connectivity index (χ0) is 7.49. The normalized spacial score (nSPS) is 14.3. The number of halogens is 1. The number of nitrogens with zero attached hydrogens (tertiary/aromatic N) is 1. The Hall–Kier alpha value is 0.170. The number of hydrogen-bond donors (Lipinski definition) is 0. The van der Waals surface area contributed by atoms with Gasteiger partial charge in [-0.1, -0.05) is 6.92 Å². The number of alkyl halides is 1. The summed E-state index contributed by atoms with van der Waals surface area (Å²) < 4.78 is 20.5. The second kappa shape index (κ2) is 3.37. The molecule has 0 amide bonds. The van der Waals surface area contributed by atoms with Crippen LogP contribution in [0.2, 0.25) is 0 Å². The summed E-state index contributed by atoms with van der Waals surface area (Å²) in [6.45, 7) is 1.53. The van der Waals surface area contributed by atoms with Gasteiger partial charge in [0, 0.05) is 5.75 Å². The number of nitriles is 1. The molecule has 0 unspecified atom stereocenters. The predicted molar refractivity (Wildman–Crippen MR) is 42.9 cm³/mol. The van der Waals surface area contributed by atoms with Crippen LogP contribution in [0, 0.1) is 11.3 Å². The summed E-state index contributed by atoms with van der Waals surface area (Å²) in [5.74, 6) is 0.0359. The molecule has 0 aliphatic carbocycles. The molecular weight excluding hydrogens is 253 g/mol. The van der Waals surface area contributed by atoms with Crippen molar-refractivity contribution in [2.45, 2.75) is 10.2 Å². The van der Waals surface area contributed by atoms with Gasteiger partial charge in [0.15, 0.2) is 13.1 Å². The second-order valence-corrected chi connectivity index (χ2v) is 5.86. The van der Waals surface area contributed by atoms with E-state index in [-0.39, 0.29) is 5.75 Å². The van der Waals surface area contributed by atoms with Gasteiger partial charge in [0.1, 0.15) is 0 Å². The molecule has 0 spiro atoms. The Morgan fingerprint density at radius 1 is 1.78 bits per heavy atom. The number of hydrogen-bond acceptors (Lipinski definition) is 3. The molecular formula is C4H6INO2S. The molecule has 52 valence electrons. The molecule has 1 atom stereocenters. The van der Waals surface area contributed by atoms with Crippen molar-refractivity contribution in [3.05, 3.63) is 0 Å². The summed E-state index contributed by atoms with van der Waals surface area (Å²) in [6, 6.07) is 1.65. The standard InChI is InChI=1S/C4H6INO2S/c1-2-9(7,8)4(5)3-6/h4H,2H2,1H3/t4-/m0/s1. The summed E-state index contributed by atoms with van der Waals surface area (Å²) >= 11 is 1.60. The van der Waals surface area contributed by atoms with Crippen LogP contribution in [0.25, 0.3) is 0 Å². The van der Waals surface area contributed by atoms with E-state index in [1.54, 1.807) is 28.7 Å². The van der Waals surface area contributed by atoms with E-state index in [0.29, 0.717) is 0 Å². The van der Waals surface area contributed by atoms with Crippen LogP contribution in [0.15, 0.2) is 0 Å². The molecule has 0 aromatic heterocycles. The molecule has 5 heteroatoms. The van der Waals surface area contributed by atoms with E-state index in [1.807, 2.05) is 0 Å². The van der Waals surface area contributed by atoms with Crippen molar-refractivity contribution in [1.82, 2.24) is 0 Å². The van der Waals surface area contributed by atoms with Gasteiger partial charge >= 0.3 is 0 Å². The van der Waals surface area contributed by atoms with Crippen molar-refractivity contribution < 1.29 is 8.42 Å². The Morgan fingerprint density at radius 2 is 2.22 bits per heavy atom. The minimum atomic E-state index is -3.12. The van der Waals surface area contributed by atoms with E-state index in [0.717, 1.165) is 0 Å². The highest BCUT2D eigenvalue weighted by atomic mass is 127. The summed E-state index contributed by atoms with van der Waals surface area (Å²) in [6.07, 6.45) is 0. The van der Waals surface area contributed by atoms with Crippen LogP contribution in [-0.4, -0.2) is 17.4 Å². The summed E-state index contributed by atoms with van der Waals surface area (Å²) in [7, 11) is -3.12. The monoisotopic (exact) mass is 259 g/mol. The van der Waals surface area contributed by atoms with Gasteiger partial charge in [-0.2, -0.15) is 5.26 Å². The Bertz CT molecular complexity index is 215. The van der Waals surface area contributed by atoms with Gasteiger partial charge in [0.05, 0.1) is 6.07 Å². The van der Waals surface area contributed by atoms with Gasteiger partial charge in [-0.25, -0.2) is 8.42 Å².